The molecule has 2 aromatic rings. The van der Waals surface area contributed by atoms with Gasteiger partial charge in [0.15, 0.2) is 0 Å². The molecule has 0 aliphatic carbocycles. The van der Waals surface area contributed by atoms with E-state index in [1.807, 2.05) is 12.1 Å². The van der Waals surface area contributed by atoms with Crippen LogP contribution >= 0.6 is 11.8 Å². The molecule has 0 unspecified atom stereocenters. The minimum atomic E-state index is -4.36. The van der Waals surface area contributed by atoms with Crippen LogP contribution in [-0.2, 0) is 11.9 Å². The molecule has 0 bridgehead atoms. The highest BCUT2D eigenvalue weighted by atomic mass is 32.2. The number of thioether (sulfide) groups is 1. The van der Waals surface area contributed by atoms with E-state index < -0.39 is 11.7 Å². The van der Waals surface area contributed by atoms with Crippen molar-refractivity contribution < 1.29 is 13.2 Å². The van der Waals surface area contributed by atoms with Crippen molar-refractivity contribution in [3.63, 3.8) is 0 Å². The number of aromatic nitrogens is 1. The molecular formula is C14H9F3N2S. The number of benzene rings is 1. The van der Waals surface area contributed by atoms with Crippen LogP contribution in [-0.4, -0.2) is 4.98 Å². The average molecular weight is 294 g/mol. The molecule has 2 rings (SSSR count). The molecule has 0 atom stereocenters. The summed E-state index contributed by atoms with van der Waals surface area (Å²) in [5.74, 6) is 0.549. The van der Waals surface area contributed by atoms with Gasteiger partial charge in [0, 0.05) is 11.9 Å². The fourth-order valence-electron chi connectivity index (χ4n) is 1.52. The Bertz CT molecular complexity index is 630. The first-order valence-electron chi connectivity index (χ1n) is 5.64. The van der Waals surface area contributed by atoms with Gasteiger partial charge in [0.25, 0.3) is 0 Å². The second kappa shape index (κ2) is 5.97. The van der Waals surface area contributed by atoms with Crippen LogP contribution in [0.5, 0.6) is 0 Å². The second-order valence-corrected chi connectivity index (χ2v) is 4.98. The molecular weight excluding hydrogens is 285 g/mol. The third-order valence-corrected chi connectivity index (χ3v) is 3.52. The number of nitrogens with zero attached hydrogens (tertiary/aromatic N) is 2. The van der Waals surface area contributed by atoms with Crippen molar-refractivity contribution in [3.05, 3.63) is 59.3 Å². The van der Waals surface area contributed by atoms with Crippen LogP contribution in [0, 0.1) is 11.3 Å². The molecule has 0 saturated carbocycles. The van der Waals surface area contributed by atoms with E-state index in [0.717, 1.165) is 17.8 Å². The summed E-state index contributed by atoms with van der Waals surface area (Å²) in [6.45, 7) is 0. The van der Waals surface area contributed by atoms with E-state index in [1.165, 1.54) is 17.8 Å². The Morgan fingerprint density at radius 3 is 2.60 bits per heavy atom. The Morgan fingerprint density at radius 1 is 1.20 bits per heavy atom. The van der Waals surface area contributed by atoms with Crippen LogP contribution in [0.4, 0.5) is 13.2 Å². The molecule has 6 heteroatoms. The van der Waals surface area contributed by atoms with Crippen molar-refractivity contribution >= 4 is 11.8 Å². The Labute approximate surface area is 118 Å². The number of alkyl halides is 3. The molecule has 1 aromatic heterocycles. The van der Waals surface area contributed by atoms with E-state index in [1.54, 1.807) is 18.2 Å². The number of hydrogen-bond acceptors (Lipinski definition) is 3. The lowest BCUT2D eigenvalue weighted by Gasteiger charge is -2.06. The summed E-state index contributed by atoms with van der Waals surface area (Å²) in [5, 5.41) is 9.29. The van der Waals surface area contributed by atoms with Crippen molar-refractivity contribution in [2.45, 2.75) is 17.0 Å². The van der Waals surface area contributed by atoms with Gasteiger partial charge in [0.05, 0.1) is 22.2 Å². The van der Waals surface area contributed by atoms with Gasteiger partial charge < -0.3 is 0 Å². The van der Waals surface area contributed by atoms with Crippen LogP contribution in [0.25, 0.3) is 0 Å². The first kappa shape index (κ1) is 14.4. The highest BCUT2D eigenvalue weighted by Crippen LogP contribution is 2.30. The quantitative estimate of drug-likeness (QED) is 0.793. The smallest absolute Gasteiger partial charge is 0.249 e. The minimum Gasteiger partial charge on any atom is -0.249 e. The zero-order valence-electron chi connectivity index (χ0n) is 10.2. The standard InChI is InChI=1S/C14H9F3N2S/c15-14(16,17)12-4-5-13(19-8-12)20-9-11-3-1-2-10(6-11)7-18/h1-6,8H,9H2. The van der Waals surface area contributed by atoms with Gasteiger partial charge in [-0.1, -0.05) is 12.1 Å². The second-order valence-electron chi connectivity index (χ2n) is 3.98. The molecule has 1 aromatic carbocycles. The van der Waals surface area contributed by atoms with Gasteiger partial charge in [-0.2, -0.15) is 18.4 Å². The van der Waals surface area contributed by atoms with Gasteiger partial charge in [-0.25, -0.2) is 4.98 Å². The van der Waals surface area contributed by atoms with E-state index in [0.29, 0.717) is 16.3 Å². The fraction of sp³-hybridized carbons (Fsp3) is 0.143. The van der Waals surface area contributed by atoms with Gasteiger partial charge >= 0.3 is 6.18 Å². The molecule has 0 radical (unpaired) electrons. The Hall–Kier alpha value is -2.00. The van der Waals surface area contributed by atoms with E-state index >= 15 is 0 Å². The summed E-state index contributed by atoms with van der Waals surface area (Å²) in [5.41, 5.74) is 0.729. The van der Waals surface area contributed by atoms with Crippen LogP contribution in [0.2, 0.25) is 0 Å². The van der Waals surface area contributed by atoms with Crippen LogP contribution < -0.4 is 0 Å². The number of halogens is 3. The largest absolute Gasteiger partial charge is 0.417 e. The molecule has 2 nitrogen and oxygen atoms in total. The molecule has 1 heterocycles. The average Bonchev–Trinajstić information content (AvgIpc) is 2.45. The van der Waals surface area contributed by atoms with Crippen molar-refractivity contribution in [2.75, 3.05) is 0 Å². The van der Waals surface area contributed by atoms with Crippen LogP contribution in [0.15, 0.2) is 47.6 Å². The number of nitriles is 1. The first-order chi connectivity index (χ1) is 9.49. The summed E-state index contributed by atoms with van der Waals surface area (Å²) < 4.78 is 37.1. The van der Waals surface area contributed by atoms with Crippen molar-refractivity contribution in [1.29, 1.82) is 5.26 Å². The van der Waals surface area contributed by atoms with E-state index in [2.05, 4.69) is 4.98 Å². The zero-order valence-corrected chi connectivity index (χ0v) is 11.0. The highest BCUT2D eigenvalue weighted by Gasteiger charge is 2.30. The fourth-order valence-corrected chi connectivity index (χ4v) is 2.31. The van der Waals surface area contributed by atoms with Gasteiger partial charge in [0.1, 0.15) is 0 Å². The maximum Gasteiger partial charge on any atom is 0.417 e. The molecule has 0 amide bonds. The molecule has 20 heavy (non-hydrogen) atoms. The highest BCUT2D eigenvalue weighted by molar-refractivity contribution is 7.98. The molecule has 0 aliphatic rings. The molecule has 0 spiro atoms. The summed E-state index contributed by atoms with van der Waals surface area (Å²) in [6.07, 6.45) is -3.54. The monoisotopic (exact) mass is 294 g/mol. The number of rotatable bonds is 3. The first-order valence-corrected chi connectivity index (χ1v) is 6.63. The molecule has 0 saturated heterocycles. The lowest BCUT2D eigenvalue weighted by molar-refractivity contribution is -0.137. The topological polar surface area (TPSA) is 36.7 Å². The lowest BCUT2D eigenvalue weighted by Crippen LogP contribution is -2.05. The van der Waals surface area contributed by atoms with E-state index in [-0.39, 0.29) is 0 Å². The molecule has 0 fully saturated rings. The lowest BCUT2D eigenvalue weighted by atomic mass is 10.2. The Morgan fingerprint density at radius 2 is 2.00 bits per heavy atom. The summed E-state index contributed by atoms with van der Waals surface area (Å²) in [7, 11) is 0. The van der Waals surface area contributed by atoms with Gasteiger partial charge in [-0.3, -0.25) is 0 Å². The molecule has 0 N–H and O–H groups in total. The predicted molar refractivity (Wildman–Crippen MR) is 70.0 cm³/mol. The number of pyridine rings is 1. The zero-order chi connectivity index (χ0) is 14.6. The predicted octanol–water partition coefficient (Wildman–Crippen LogP) is 4.26. The van der Waals surface area contributed by atoms with E-state index in [4.69, 9.17) is 5.26 Å². The van der Waals surface area contributed by atoms with Crippen molar-refractivity contribution in [3.8, 4) is 6.07 Å². The Balaban J connectivity index is 2.02. The number of hydrogen-bond donors (Lipinski definition) is 0. The van der Waals surface area contributed by atoms with Crippen molar-refractivity contribution in [2.24, 2.45) is 0 Å². The van der Waals surface area contributed by atoms with Gasteiger partial charge in [-0.05, 0) is 29.8 Å². The summed E-state index contributed by atoms with van der Waals surface area (Å²) in [6, 6.07) is 11.5. The third-order valence-electron chi connectivity index (χ3n) is 2.51. The SMILES string of the molecule is N#Cc1cccc(CSc2ccc(C(F)(F)F)cn2)c1. The van der Waals surface area contributed by atoms with E-state index in [9.17, 15) is 13.2 Å². The van der Waals surface area contributed by atoms with Gasteiger partial charge in [0.2, 0.25) is 0 Å². The summed E-state index contributed by atoms with van der Waals surface area (Å²) in [4.78, 5) is 3.78. The maximum absolute atomic E-state index is 12.4. The molecule has 0 aliphatic heterocycles. The third kappa shape index (κ3) is 3.75. The summed E-state index contributed by atoms with van der Waals surface area (Å²) >= 11 is 1.32. The van der Waals surface area contributed by atoms with Crippen LogP contribution in [0.1, 0.15) is 16.7 Å². The molecule has 102 valence electrons. The minimum absolute atomic E-state index is 0.514. The van der Waals surface area contributed by atoms with Gasteiger partial charge in [-0.15, -0.1) is 11.8 Å². The Kier molecular flexibility index (Phi) is 4.30. The maximum atomic E-state index is 12.4. The normalized spacial score (nSPS) is 11.1. The van der Waals surface area contributed by atoms with Crippen molar-refractivity contribution in [1.82, 2.24) is 4.98 Å². The van der Waals surface area contributed by atoms with Crippen LogP contribution in [0.3, 0.4) is 0 Å².